The number of likely N-dealkylation sites (N-methyl/N-ethyl adjacent to an activating group) is 1. The Morgan fingerprint density at radius 1 is 1.64 bits per heavy atom. The molecular formula is C8H16N2O. The minimum Gasteiger partial charge on any atom is -0.351 e. The van der Waals surface area contributed by atoms with Crippen molar-refractivity contribution in [2.24, 2.45) is 0 Å². The van der Waals surface area contributed by atoms with E-state index < -0.39 is 0 Å². The monoisotopic (exact) mass is 156 g/mol. The summed E-state index contributed by atoms with van der Waals surface area (Å²) in [5, 5.41) is 5.58. The van der Waals surface area contributed by atoms with E-state index in [1.807, 2.05) is 13.8 Å². The zero-order valence-electron chi connectivity index (χ0n) is 7.40. The van der Waals surface area contributed by atoms with E-state index in [-0.39, 0.29) is 11.9 Å². The van der Waals surface area contributed by atoms with E-state index in [4.69, 9.17) is 0 Å². The van der Waals surface area contributed by atoms with Crippen molar-refractivity contribution in [1.29, 1.82) is 0 Å². The van der Waals surface area contributed by atoms with Gasteiger partial charge < -0.3 is 10.6 Å². The highest BCUT2D eigenvalue weighted by molar-refractivity contribution is 5.81. The summed E-state index contributed by atoms with van der Waals surface area (Å²) in [5.41, 5.74) is 0.960. The largest absolute Gasteiger partial charge is 0.351 e. The van der Waals surface area contributed by atoms with Crippen LogP contribution in [0.25, 0.3) is 0 Å². The van der Waals surface area contributed by atoms with Crippen molar-refractivity contribution >= 4 is 5.91 Å². The summed E-state index contributed by atoms with van der Waals surface area (Å²) in [7, 11) is 1.75. The van der Waals surface area contributed by atoms with Crippen LogP contribution in [0.5, 0.6) is 0 Å². The van der Waals surface area contributed by atoms with E-state index in [0.717, 1.165) is 5.57 Å². The Kier molecular flexibility index (Phi) is 4.54. The number of hydrogen-bond acceptors (Lipinski definition) is 2. The van der Waals surface area contributed by atoms with E-state index in [9.17, 15) is 4.79 Å². The fourth-order valence-electron chi connectivity index (χ4n) is 0.522. The molecule has 3 heteroatoms. The van der Waals surface area contributed by atoms with Gasteiger partial charge in [-0.1, -0.05) is 12.2 Å². The molecule has 0 aliphatic carbocycles. The highest BCUT2D eigenvalue weighted by Crippen LogP contribution is 1.84. The lowest BCUT2D eigenvalue weighted by Gasteiger charge is -2.10. The Hall–Kier alpha value is -0.830. The zero-order chi connectivity index (χ0) is 8.85. The molecule has 2 N–H and O–H groups in total. The number of nitrogens with one attached hydrogen (secondary N) is 2. The highest BCUT2D eigenvalue weighted by atomic mass is 16.2. The van der Waals surface area contributed by atoms with E-state index in [1.54, 1.807) is 7.05 Å². The third kappa shape index (κ3) is 4.56. The predicted octanol–water partition coefficient (Wildman–Crippen LogP) is 0.287. The van der Waals surface area contributed by atoms with Crippen LogP contribution in [-0.2, 0) is 4.79 Å². The van der Waals surface area contributed by atoms with Gasteiger partial charge in [-0.2, -0.15) is 0 Å². The van der Waals surface area contributed by atoms with Crippen LogP contribution in [0.4, 0.5) is 0 Å². The Bertz CT molecular complexity index is 154. The van der Waals surface area contributed by atoms with Crippen LogP contribution in [-0.4, -0.2) is 25.5 Å². The fraction of sp³-hybridized carbons (Fsp3) is 0.625. The Morgan fingerprint density at radius 3 is 2.55 bits per heavy atom. The Labute approximate surface area is 67.9 Å². The second kappa shape index (κ2) is 4.91. The van der Waals surface area contributed by atoms with E-state index in [2.05, 4.69) is 17.2 Å². The van der Waals surface area contributed by atoms with Crippen LogP contribution >= 0.6 is 0 Å². The predicted molar refractivity (Wildman–Crippen MR) is 46.3 cm³/mol. The molecule has 0 aromatic carbocycles. The van der Waals surface area contributed by atoms with Crippen molar-refractivity contribution in [1.82, 2.24) is 10.6 Å². The normalized spacial score (nSPS) is 12.3. The van der Waals surface area contributed by atoms with Crippen molar-refractivity contribution < 1.29 is 4.79 Å². The van der Waals surface area contributed by atoms with Gasteiger partial charge in [0.2, 0.25) is 5.91 Å². The standard InChI is InChI=1S/C8H16N2O/c1-6(2)5-10-8(11)7(3)9-4/h7,9H,1,5H2,2-4H3,(H,10,11)/t7-/m0/s1. The van der Waals surface area contributed by atoms with Gasteiger partial charge in [0.15, 0.2) is 0 Å². The number of hydrogen-bond donors (Lipinski definition) is 2. The molecule has 0 aromatic heterocycles. The fourth-order valence-corrected chi connectivity index (χ4v) is 0.522. The summed E-state index contributed by atoms with van der Waals surface area (Å²) in [6.07, 6.45) is 0. The zero-order valence-corrected chi connectivity index (χ0v) is 7.40. The molecule has 0 rings (SSSR count). The van der Waals surface area contributed by atoms with Gasteiger partial charge in [0.25, 0.3) is 0 Å². The summed E-state index contributed by atoms with van der Waals surface area (Å²) in [6, 6.07) is -0.130. The van der Waals surface area contributed by atoms with Crippen molar-refractivity contribution in [2.45, 2.75) is 19.9 Å². The smallest absolute Gasteiger partial charge is 0.237 e. The Balaban J connectivity index is 3.60. The van der Waals surface area contributed by atoms with Crippen LogP contribution in [0.1, 0.15) is 13.8 Å². The first kappa shape index (κ1) is 10.2. The lowest BCUT2D eigenvalue weighted by molar-refractivity contribution is -0.122. The van der Waals surface area contributed by atoms with Crippen LogP contribution in [0, 0.1) is 0 Å². The average Bonchev–Trinajstić information content (AvgIpc) is 1.98. The molecule has 0 aliphatic heterocycles. The molecule has 0 saturated heterocycles. The molecule has 0 fully saturated rings. The third-order valence-electron chi connectivity index (χ3n) is 1.39. The molecule has 1 amide bonds. The third-order valence-corrected chi connectivity index (χ3v) is 1.39. The van der Waals surface area contributed by atoms with Gasteiger partial charge in [-0.25, -0.2) is 0 Å². The minimum atomic E-state index is -0.130. The molecule has 1 atom stereocenters. The molecule has 0 radical (unpaired) electrons. The Morgan fingerprint density at radius 2 is 2.18 bits per heavy atom. The molecule has 0 unspecified atom stereocenters. The maximum Gasteiger partial charge on any atom is 0.237 e. The summed E-state index contributed by atoms with van der Waals surface area (Å²) in [6.45, 7) is 7.93. The lowest BCUT2D eigenvalue weighted by Crippen LogP contribution is -2.40. The van der Waals surface area contributed by atoms with Crippen molar-refractivity contribution in [3.63, 3.8) is 0 Å². The first-order valence-electron chi connectivity index (χ1n) is 3.67. The summed E-state index contributed by atoms with van der Waals surface area (Å²) in [5.74, 6) is 0.00972. The number of amides is 1. The van der Waals surface area contributed by atoms with Gasteiger partial charge in [-0.05, 0) is 20.9 Å². The molecule has 0 aromatic rings. The molecule has 3 nitrogen and oxygen atoms in total. The van der Waals surface area contributed by atoms with Crippen molar-refractivity contribution in [3.8, 4) is 0 Å². The maximum atomic E-state index is 11.1. The number of rotatable bonds is 4. The van der Waals surface area contributed by atoms with Gasteiger partial charge in [-0.15, -0.1) is 0 Å². The minimum absolute atomic E-state index is 0.00972. The molecule has 0 bridgehead atoms. The molecule has 0 saturated carbocycles. The first-order valence-corrected chi connectivity index (χ1v) is 3.67. The van der Waals surface area contributed by atoms with Crippen molar-refractivity contribution in [3.05, 3.63) is 12.2 Å². The first-order chi connectivity index (χ1) is 5.07. The van der Waals surface area contributed by atoms with E-state index in [1.165, 1.54) is 0 Å². The van der Waals surface area contributed by atoms with Crippen LogP contribution < -0.4 is 10.6 Å². The second-order valence-corrected chi connectivity index (χ2v) is 2.69. The van der Waals surface area contributed by atoms with Crippen LogP contribution in [0.3, 0.4) is 0 Å². The molecular weight excluding hydrogens is 140 g/mol. The van der Waals surface area contributed by atoms with Gasteiger partial charge >= 0.3 is 0 Å². The van der Waals surface area contributed by atoms with Gasteiger partial charge in [0.05, 0.1) is 6.04 Å². The summed E-state index contributed by atoms with van der Waals surface area (Å²) in [4.78, 5) is 11.1. The highest BCUT2D eigenvalue weighted by Gasteiger charge is 2.07. The second-order valence-electron chi connectivity index (χ2n) is 2.69. The number of carbonyl (C=O) groups excluding carboxylic acids is 1. The molecule has 0 heterocycles. The molecule has 64 valence electrons. The SMILES string of the molecule is C=C(C)CNC(=O)[C@H](C)NC. The van der Waals surface area contributed by atoms with Gasteiger partial charge in [-0.3, -0.25) is 4.79 Å². The van der Waals surface area contributed by atoms with Crippen LogP contribution in [0.2, 0.25) is 0 Å². The summed E-state index contributed by atoms with van der Waals surface area (Å²) < 4.78 is 0. The molecule has 0 aliphatic rings. The molecule has 11 heavy (non-hydrogen) atoms. The van der Waals surface area contributed by atoms with Gasteiger partial charge in [0, 0.05) is 6.54 Å². The maximum absolute atomic E-state index is 11.1. The number of carbonyl (C=O) groups is 1. The summed E-state index contributed by atoms with van der Waals surface area (Å²) >= 11 is 0. The average molecular weight is 156 g/mol. The molecule has 0 spiro atoms. The van der Waals surface area contributed by atoms with Gasteiger partial charge in [0.1, 0.15) is 0 Å². The van der Waals surface area contributed by atoms with Crippen molar-refractivity contribution in [2.75, 3.05) is 13.6 Å². The lowest BCUT2D eigenvalue weighted by atomic mass is 10.3. The van der Waals surface area contributed by atoms with E-state index in [0.29, 0.717) is 6.54 Å². The quantitative estimate of drug-likeness (QED) is 0.574. The van der Waals surface area contributed by atoms with E-state index >= 15 is 0 Å². The topological polar surface area (TPSA) is 41.1 Å². The van der Waals surface area contributed by atoms with Crippen LogP contribution in [0.15, 0.2) is 12.2 Å².